The van der Waals surface area contributed by atoms with E-state index in [1.807, 2.05) is 6.92 Å². The molecule has 0 saturated carbocycles. The maximum absolute atomic E-state index is 11.6. The molecule has 14 heavy (non-hydrogen) atoms. The van der Waals surface area contributed by atoms with Gasteiger partial charge in [0.15, 0.2) is 0 Å². The van der Waals surface area contributed by atoms with Gasteiger partial charge in [-0.05, 0) is 12.3 Å². The number of esters is 1. The number of rotatable bonds is 1. The Morgan fingerprint density at radius 2 is 2.57 bits per heavy atom. The highest BCUT2D eigenvalue weighted by molar-refractivity contribution is 5.84. The topological polar surface area (TPSA) is 81.0 Å². The number of carbonyl (C=O) groups is 1. The van der Waals surface area contributed by atoms with Gasteiger partial charge >= 0.3 is 5.97 Å². The Labute approximate surface area is 81.6 Å². The van der Waals surface area contributed by atoms with E-state index in [1.165, 1.54) is 7.11 Å². The molecule has 0 bridgehead atoms. The van der Waals surface area contributed by atoms with E-state index in [2.05, 4.69) is 10.2 Å². The van der Waals surface area contributed by atoms with Gasteiger partial charge in [-0.1, -0.05) is 6.92 Å². The molecule has 5 heteroatoms. The fourth-order valence-corrected chi connectivity index (χ4v) is 2.04. The van der Waals surface area contributed by atoms with Gasteiger partial charge in [-0.2, -0.15) is 5.10 Å². The summed E-state index contributed by atoms with van der Waals surface area (Å²) in [5.41, 5.74) is 6.74. The SMILES string of the molecule is COC(=O)C1(N)c2cn[nH]c2CC1C. The molecule has 3 N–H and O–H groups in total. The Morgan fingerprint density at radius 3 is 3.21 bits per heavy atom. The minimum Gasteiger partial charge on any atom is -0.467 e. The van der Waals surface area contributed by atoms with Crippen LogP contribution >= 0.6 is 0 Å². The van der Waals surface area contributed by atoms with Crippen LogP contribution in [0.1, 0.15) is 18.2 Å². The van der Waals surface area contributed by atoms with Crippen LogP contribution < -0.4 is 5.73 Å². The van der Waals surface area contributed by atoms with Crippen LogP contribution in [0.25, 0.3) is 0 Å². The van der Waals surface area contributed by atoms with Crippen LogP contribution in [0, 0.1) is 5.92 Å². The van der Waals surface area contributed by atoms with Crippen molar-refractivity contribution in [2.45, 2.75) is 18.9 Å². The van der Waals surface area contributed by atoms with Crippen molar-refractivity contribution in [3.05, 3.63) is 17.5 Å². The molecule has 2 rings (SSSR count). The number of aromatic amines is 1. The van der Waals surface area contributed by atoms with Crippen molar-refractivity contribution in [2.24, 2.45) is 11.7 Å². The molecule has 0 radical (unpaired) electrons. The summed E-state index contributed by atoms with van der Waals surface area (Å²) in [5.74, 6) is -0.357. The van der Waals surface area contributed by atoms with Crippen LogP contribution in [0.3, 0.4) is 0 Å². The zero-order valence-corrected chi connectivity index (χ0v) is 8.20. The van der Waals surface area contributed by atoms with E-state index < -0.39 is 11.5 Å². The van der Waals surface area contributed by atoms with Crippen LogP contribution in [0.15, 0.2) is 6.20 Å². The van der Waals surface area contributed by atoms with Gasteiger partial charge in [0.1, 0.15) is 5.54 Å². The second-order valence-corrected chi connectivity index (χ2v) is 3.73. The first-order valence-electron chi connectivity index (χ1n) is 4.50. The van der Waals surface area contributed by atoms with E-state index in [-0.39, 0.29) is 5.92 Å². The third-order valence-corrected chi connectivity index (χ3v) is 2.97. The van der Waals surface area contributed by atoms with E-state index in [0.29, 0.717) is 0 Å². The third kappa shape index (κ3) is 0.928. The fourth-order valence-electron chi connectivity index (χ4n) is 2.04. The van der Waals surface area contributed by atoms with Crippen molar-refractivity contribution in [1.29, 1.82) is 0 Å². The van der Waals surface area contributed by atoms with Crippen LogP contribution in [0.2, 0.25) is 0 Å². The fraction of sp³-hybridized carbons (Fsp3) is 0.556. The van der Waals surface area contributed by atoms with E-state index in [0.717, 1.165) is 17.7 Å². The smallest absolute Gasteiger partial charge is 0.330 e. The molecule has 0 saturated heterocycles. The standard InChI is InChI=1S/C9H13N3O2/c1-5-3-7-6(4-11-12-7)9(5,10)8(13)14-2/h4-5H,3,10H2,1-2H3,(H,11,12). The van der Waals surface area contributed by atoms with Crippen molar-refractivity contribution in [2.75, 3.05) is 7.11 Å². The number of methoxy groups -OCH3 is 1. The molecule has 76 valence electrons. The van der Waals surface area contributed by atoms with Gasteiger partial charge < -0.3 is 10.5 Å². The Hall–Kier alpha value is -1.36. The predicted octanol–water partition coefficient (Wildman–Crippen LogP) is -0.0711. The molecule has 2 atom stereocenters. The van der Waals surface area contributed by atoms with Crippen LogP contribution in [-0.4, -0.2) is 23.3 Å². The zero-order valence-electron chi connectivity index (χ0n) is 8.20. The largest absolute Gasteiger partial charge is 0.467 e. The second-order valence-electron chi connectivity index (χ2n) is 3.73. The number of fused-ring (bicyclic) bond motifs is 1. The molecule has 0 aliphatic heterocycles. The minimum atomic E-state index is -1.03. The Morgan fingerprint density at radius 1 is 1.86 bits per heavy atom. The summed E-state index contributed by atoms with van der Waals surface area (Å²) in [7, 11) is 1.35. The maximum Gasteiger partial charge on any atom is 0.330 e. The average molecular weight is 195 g/mol. The number of hydrogen-bond donors (Lipinski definition) is 2. The Kier molecular flexibility index (Phi) is 1.85. The van der Waals surface area contributed by atoms with Gasteiger partial charge in [-0.15, -0.1) is 0 Å². The monoisotopic (exact) mass is 195 g/mol. The molecule has 2 unspecified atom stereocenters. The first-order valence-corrected chi connectivity index (χ1v) is 4.50. The highest BCUT2D eigenvalue weighted by atomic mass is 16.5. The normalized spacial score (nSPS) is 30.1. The lowest BCUT2D eigenvalue weighted by Crippen LogP contribution is -2.48. The molecule has 1 aliphatic carbocycles. The quantitative estimate of drug-likeness (QED) is 0.614. The molecule has 1 heterocycles. The van der Waals surface area contributed by atoms with Gasteiger partial charge in [0.05, 0.1) is 13.3 Å². The van der Waals surface area contributed by atoms with E-state index in [9.17, 15) is 4.79 Å². The van der Waals surface area contributed by atoms with Crippen molar-refractivity contribution in [1.82, 2.24) is 10.2 Å². The third-order valence-electron chi connectivity index (χ3n) is 2.97. The van der Waals surface area contributed by atoms with Crippen LogP contribution in [0.5, 0.6) is 0 Å². The molecule has 1 aromatic rings. The molecule has 0 fully saturated rings. The molecule has 0 spiro atoms. The highest BCUT2D eigenvalue weighted by Crippen LogP contribution is 2.38. The van der Waals surface area contributed by atoms with Gasteiger partial charge in [-0.3, -0.25) is 5.10 Å². The number of nitrogens with zero attached hydrogens (tertiary/aromatic N) is 1. The number of nitrogens with two attached hydrogens (primary N) is 1. The van der Waals surface area contributed by atoms with Gasteiger partial charge in [0.2, 0.25) is 0 Å². The lowest BCUT2D eigenvalue weighted by atomic mass is 9.86. The summed E-state index contributed by atoms with van der Waals surface area (Å²) < 4.78 is 4.73. The number of nitrogens with one attached hydrogen (secondary N) is 1. The number of aromatic nitrogens is 2. The van der Waals surface area contributed by atoms with E-state index in [4.69, 9.17) is 10.5 Å². The second kappa shape index (κ2) is 2.81. The zero-order chi connectivity index (χ0) is 10.3. The minimum absolute atomic E-state index is 0.0409. The molecule has 0 aromatic carbocycles. The van der Waals surface area contributed by atoms with Gasteiger partial charge in [0.25, 0.3) is 0 Å². The molecule has 1 aliphatic rings. The van der Waals surface area contributed by atoms with Gasteiger partial charge in [-0.25, -0.2) is 4.79 Å². The number of ether oxygens (including phenoxy) is 1. The van der Waals surface area contributed by atoms with Crippen molar-refractivity contribution in [3.63, 3.8) is 0 Å². The lowest BCUT2D eigenvalue weighted by molar-refractivity contribution is -0.149. The van der Waals surface area contributed by atoms with Crippen LogP contribution in [-0.2, 0) is 21.5 Å². The summed E-state index contributed by atoms with van der Waals surface area (Å²) in [4.78, 5) is 11.6. The summed E-state index contributed by atoms with van der Waals surface area (Å²) in [5, 5.41) is 6.72. The Bertz CT molecular complexity index is 374. The number of H-pyrrole nitrogens is 1. The Balaban J connectivity index is 2.49. The average Bonchev–Trinajstić information content (AvgIpc) is 2.70. The summed E-state index contributed by atoms with van der Waals surface area (Å²) in [6, 6.07) is 0. The molecular weight excluding hydrogens is 182 g/mol. The predicted molar refractivity (Wildman–Crippen MR) is 49.3 cm³/mol. The van der Waals surface area contributed by atoms with E-state index in [1.54, 1.807) is 6.20 Å². The maximum atomic E-state index is 11.6. The van der Waals surface area contributed by atoms with Crippen molar-refractivity contribution >= 4 is 5.97 Å². The summed E-state index contributed by atoms with van der Waals surface area (Å²) in [6.45, 7) is 1.94. The highest BCUT2D eigenvalue weighted by Gasteiger charge is 2.49. The van der Waals surface area contributed by atoms with Crippen molar-refractivity contribution < 1.29 is 9.53 Å². The summed E-state index contributed by atoms with van der Waals surface area (Å²) >= 11 is 0. The van der Waals surface area contributed by atoms with E-state index >= 15 is 0 Å². The molecule has 0 amide bonds. The molecule has 1 aromatic heterocycles. The molecular formula is C9H13N3O2. The van der Waals surface area contributed by atoms with Gasteiger partial charge in [0, 0.05) is 11.3 Å². The number of hydrogen-bond acceptors (Lipinski definition) is 4. The molecule has 5 nitrogen and oxygen atoms in total. The van der Waals surface area contributed by atoms with Crippen LogP contribution in [0.4, 0.5) is 0 Å². The first-order chi connectivity index (χ1) is 6.60. The number of carbonyl (C=O) groups excluding carboxylic acids is 1. The van der Waals surface area contributed by atoms with Crippen molar-refractivity contribution in [3.8, 4) is 0 Å². The first kappa shape index (κ1) is 9.21. The summed E-state index contributed by atoms with van der Waals surface area (Å²) in [6.07, 6.45) is 2.34. The lowest BCUT2D eigenvalue weighted by Gasteiger charge is -2.25.